The van der Waals surface area contributed by atoms with Crippen molar-refractivity contribution < 1.29 is 26.6 Å². The molecule has 0 amide bonds. The Morgan fingerprint density at radius 2 is 0.833 bits per heavy atom. The third-order valence-electron chi connectivity index (χ3n) is 3.68. The van der Waals surface area contributed by atoms with Crippen LogP contribution in [-0.4, -0.2) is 67.2 Å². The quantitative estimate of drug-likeness (QED) is 0.349. The van der Waals surface area contributed by atoms with Gasteiger partial charge in [-0.25, -0.2) is 0 Å². The molecule has 1 aromatic heterocycles. The third kappa shape index (κ3) is 8.86. The summed E-state index contributed by atoms with van der Waals surface area (Å²) in [6.07, 6.45) is 7.02. The predicted octanol–water partition coefficient (Wildman–Crippen LogP) is 3.68. The Morgan fingerprint density at radius 3 is 1.03 bits per heavy atom. The molecule has 0 aliphatic rings. The second-order valence-electron chi connectivity index (χ2n) is 5.84. The van der Waals surface area contributed by atoms with Gasteiger partial charge in [0.25, 0.3) is 0 Å². The van der Waals surface area contributed by atoms with Gasteiger partial charge in [-0.3, -0.25) is 9.97 Å². The third-order valence-corrected chi connectivity index (χ3v) is 8.98. The van der Waals surface area contributed by atoms with Gasteiger partial charge in [0.05, 0.1) is 23.8 Å². The Morgan fingerprint density at radius 1 is 0.567 bits per heavy atom. The molecule has 0 saturated carbocycles. The van der Waals surface area contributed by atoms with E-state index in [0.29, 0.717) is 51.0 Å². The monoisotopic (exact) mass is 456 g/mol. The highest BCUT2D eigenvalue weighted by Gasteiger charge is 2.38. The van der Waals surface area contributed by atoms with E-state index in [0.717, 1.165) is 0 Å². The second kappa shape index (κ2) is 14.7. The van der Waals surface area contributed by atoms with Crippen molar-refractivity contribution in [3.8, 4) is 0 Å². The lowest BCUT2D eigenvalue weighted by atomic mass is 10.4. The van der Waals surface area contributed by atoms with Gasteiger partial charge < -0.3 is 26.6 Å². The molecular formula is C20H36N2O6Si2. The fourth-order valence-corrected chi connectivity index (χ4v) is 6.88. The Labute approximate surface area is 183 Å². The molecule has 0 atom stereocenters. The van der Waals surface area contributed by atoms with E-state index in [1.54, 1.807) is 12.4 Å². The summed E-state index contributed by atoms with van der Waals surface area (Å²) in [6, 6.07) is 0. The van der Waals surface area contributed by atoms with Gasteiger partial charge in [0.15, 0.2) is 0 Å². The number of nitrogens with zero attached hydrogens (tertiary/aromatic N) is 2. The van der Waals surface area contributed by atoms with Crippen LogP contribution in [0.1, 0.15) is 52.9 Å². The first-order chi connectivity index (χ1) is 14.5. The van der Waals surface area contributed by atoms with Crippen molar-refractivity contribution in [3.05, 3.63) is 35.2 Å². The first-order valence-corrected chi connectivity index (χ1v) is 14.2. The van der Waals surface area contributed by atoms with E-state index in [1.807, 2.05) is 65.1 Å². The molecule has 30 heavy (non-hydrogen) atoms. The minimum atomic E-state index is -2.87. The van der Waals surface area contributed by atoms with Crippen molar-refractivity contribution in [2.45, 2.75) is 41.5 Å². The Bertz CT molecular complexity index is 554. The number of hydrogen-bond donors (Lipinski definition) is 0. The summed E-state index contributed by atoms with van der Waals surface area (Å²) in [6.45, 7) is 14.6. The number of rotatable bonds is 16. The van der Waals surface area contributed by atoms with Crippen molar-refractivity contribution in [2.24, 2.45) is 0 Å². The van der Waals surface area contributed by atoms with Crippen molar-refractivity contribution in [2.75, 3.05) is 39.6 Å². The maximum absolute atomic E-state index is 5.81. The lowest BCUT2D eigenvalue weighted by molar-refractivity contribution is 0.0837. The highest BCUT2D eigenvalue weighted by Crippen LogP contribution is 2.15. The zero-order chi connectivity index (χ0) is 22.3. The molecule has 0 N–H and O–H groups in total. The van der Waals surface area contributed by atoms with Gasteiger partial charge in [0.2, 0.25) is 0 Å². The summed E-state index contributed by atoms with van der Waals surface area (Å²) in [5.41, 5.74) is 5.07. The summed E-state index contributed by atoms with van der Waals surface area (Å²) in [5.74, 6) is 0. The largest absolute Gasteiger partial charge is 0.529 e. The molecule has 0 radical (unpaired) electrons. The molecule has 10 heteroatoms. The van der Waals surface area contributed by atoms with Crippen LogP contribution in [0.15, 0.2) is 23.8 Å². The molecule has 0 saturated heterocycles. The first kappa shape index (κ1) is 26.8. The molecule has 1 heterocycles. The van der Waals surface area contributed by atoms with Gasteiger partial charge in [0.1, 0.15) is 0 Å². The van der Waals surface area contributed by atoms with Crippen molar-refractivity contribution in [1.82, 2.24) is 9.97 Å². The average Bonchev–Trinajstić information content (AvgIpc) is 2.73. The molecular weight excluding hydrogens is 420 g/mol. The van der Waals surface area contributed by atoms with Gasteiger partial charge in [-0.05, 0) is 65.1 Å². The first-order valence-electron chi connectivity index (χ1n) is 10.6. The maximum Gasteiger partial charge on any atom is 0.529 e. The fraction of sp³-hybridized carbons (Fsp3) is 0.600. The molecule has 0 aromatic carbocycles. The molecule has 0 unspecified atom stereocenters. The SMILES string of the molecule is CCO[Si](/C=C/c1cnc(/C=C/[Si](OCC)(OCC)OCC)cn1)(OCC)OCC. The van der Waals surface area contributed by atoms with Crippen LogP contribution in [0, 0.1) is 0 Å². The van der Waals surface area contributed by atoms with Gasteiger partial charge >= 0.3 is 17.6 Å². The van der Waals surface area contributed by atoms with Crippen LogP contribution >= 0.6 is 0 Å². The van der Waals surface area contributed by atoms with Crippen LogP contribution in [0.5, 0.6) is 0 Å². The van der Waals surface area contributed by atoms with Gasteiger partial charge in [-0.1, -0.05) is 0 Å². The van der Waals surface area contributed by atoms with E-state index in [9.17, 15) is 0 Å². The standard InChI is InChI=1S/C20H36N2O6Si2/c1-7-23-29(24-8-2,25-9-3)15-13-19-17-22-20(18-21-19)14-16-30(26-10-4,27-11-5)28-12-6/h13-18H,7-12H2,1-6H3/b15-13+,16-14+. The van der Waals surface area contributed by atoms with Crippen LogP contribution < -0.4 is 0 Å². The minimum absolute atomic E-state index is 0.511. The normalized spacial score (nSPS) is 13.0. The summed E-state index contributed by atoms with van der Waals surface area (Å²) in [5, 5.41) is 0. The van der Waals surface area contributed by atoms with E-state index >= 15 is 0 Å². The van der Waals surface area contributed by atoms with Crippen LogP contribution in [-0.2, 0) is 26.6 Å². The molecule has 0 bridgehead atoms. The maximum atomic E-state index is 5.81. The van der Waals surface area contributed by atoms with Gasteiger partial charge in [-0.15, -0.1) is 0 Å². The summed E-state index contributed by atoms with van der Waals surface area (Å²) >= 11 is 0. The fourth-order valence-electron chi connectivity index (χ4n) is 2.64. The predicted molar refractivity (Wildman–Crippen MR) is 121 cm³/mol. The van der Waals surface area contributed by atoms with Crippen LogP contribution in [0.3, 0.4) is 0 Å². The van der Waals surface area contributed by atoms with Crippen molar-refractivity contribution >= 4 is 29.8 Å². The van der Waals surface area contributed by atoms with E-state index in [2.05, 4.69) is 9.97 Å². The zero-order valence-electron chi connectivity index (χ0n) is 19.1. The molecule has 0 spiro atoms. The lowest BCUT2D eigenvalue weighted by Gasteiger charge is -2.25. The van der Waals surface area contributed by atoms with Gasteiger partial charge in [0, 0.05) is 39.6 Å². The Hall–Kier alpha value is -1.25. The van der Waals surface area contributed by atoms with E-state index in [1.165, 1.54) is 0 Å². The smallest absolute Gasteiger partial charge is 0.371 e. The topological polar surface area (TPSA) is 81.2 Å². The summed E-state index contributed by atoms with van der Waals surface area (Å²) in [4.78, 5) is 8.90. The van der Waals surface area contributed by atoms with E-state index < -0.39 is 17.6 Å². The average molecular weight is 457 g/mol. The Kier molecular flexibility index (Phi) is 13.1. The van der Waals surface area contributed by atoms with Crippen LogP contribution in [0.2, 0.25) is 0 Å². The zero-order valence-corrected chi connectivity index (χ0v) is 21.1. The summed E-state index contributed by atoms with van der Waals surface area (Å²) in [7, 11) is -5.73. The highest BCUT2D eigenvalue weighted by molar-refractivity contribution is 6.67. The molecule has 0 aliphatic carbocycles. The summed E-state index contributed by atoms with van der Waals surface area (Å²) < 4.78 is 34.9. The Balaban J connectivity index is 2.98. The molecule has 8 nitrogen and oxygen atoms in total. The van der Waals surface area contributed by atoms with Gasteiger partial charge in [-0.2, -0.15) is 0 Å². The van der Waals surface area contributed by atoms with E-state index in [-0.39, 0.29) is 0 Å². The van der Waals surface area contributed by atoms with Crippen LogP contribution in [0.4, 0.5) is 0 Å². The van der Waals surface area contributed by atoms with E-state index in [4.69, 9.17) is 26.6 Å². The lowest BCUT2D eigenvalue weighted by Crippen LogP contribution is -2.44. The van der Waals surface area contributed by atoms with Crippen LogP contribution in [0.25, 0.3) is 12.2 Å². The number of aromatic nitrogens is 2. The minimum Gasteiger partial charge on any atom is -0.371 e. The molecule has 1 aromatic rings. The second-order valence-corrected chi connectivity index (χ2v) is 10.7. The molecule has 170 valence electrons. The molecule has 0 fully saturated rings. The number of hydrogen-bond acceptors (Lipinski definition) is 8. The van der Waals surface area contributed by atoms with Crippen molar-refractivity contribution in [3.63, 3.8) is 0 Å². The molecule has 0 aliphatic heterocycles. The molecule has 1 rings (SSSR count). The highest BCUT2D eigenvalue weighted by atomic mass is 28.4. The van der Waals surface area contributed by atoms with Crippen molar-refractivity contribution in [1.29, 1.82) is 0 Å².